The third-order valence-electron chi connectivity index (χ3n) is 3.87. The van der Waals surface area contributed by atoms with Crippen molar-refractivity contribution in [2.45, 2.75) is 32.7 Å². The van der Waals surface area contributed by atoms with Gasteiger partial charge in [-0.1, -0.05) is 28.4 Å². The van der Waals surface area contributed by atoms with E-state index in [1.807, 2.05) is 25.1 Å². The molecule has 0 fully saturated rings. The first-order valence-electron chi connectivity index (χ1n) is 7.71. The summed E-state index contributed by atoms with van der Waals surface area (Å²) in [5.74, 6) is -1.62. The van der Waals surface area contributed by atoms with E-state index in [-0.39, 0.29) is 18.2 Å². The first-order chi connectivity index (χ1) is 11.3. The molecule has 0 saturated heterocycles. The number of benzene rings is 1. The molecule has 0 aliphatic rings. The van der Waals surface area contributed by atoms with Gasteiger partial charge in [0.1, 0.15) is 6.04 Å². The van der Waals surface area contributed by atoms with Crippen molar-refractivity contribution in [3.63, 3.8) is 0 Å². The minimum atomic E-state index is -1.05. The molecule has 6 heteroatoms. The lowest BCUT2D eigenvalue weighted by Gasteiger charge is -2.18. The van der Waals surface area contributed by atoms with Crippen LogP contribution in [0.1, 0.15) is 25.8 Å². The summed E-state index contributed by atoms with van der Waals surface area (Å²) in [6, 6.07) is 4.80. The molecule has 2 aromatic rings. The number of aromatic nitrogens is 1. The number of nitrogens with one attached hydrogen (secondary N) is 2. The van der Waals surface area contributed by atoms with E-state index < -0.39 is 12.0 Å². The van der Waals surface area contributed by atoms with Crippen LogP contribution in [-0.2, 0) is 16.0 Å². The van der Waals surface area contributed by atoms with Crippen molar-refractivity contribution < 1.29 is 14.7 Å². The highest BCUT2D eigenvalue weighted by molar-refractivity contribution is 9.10. The molecule has 0 saturated carbocycles. The standard InChI is InChI=1S/C18H21BrN2O3/c1-10(2)6-11(3)17(22)21-16(18(23)24)7-12-9-20-15-5-4-13(19)8-14(12)15/h4-5,8-9,11,16,20H,1,6-7H2,2-3H3,(H,21,22)(H,23,24). The number of carboxylic acid groups (broad SMARTS) is 1. The zero-order chi connectivity index (χ0) is 17.9. The van der Waals surface area contributed by atoms with Crippen LogP contribution < -0.4 is 5.32 Å². The SMILES string of the molecule is C=C(C)CC(C)C(=O)NC(Cc1c[nH]c2ccc(Br)cc12)C(=O)O. The summed E-state index contributed by atoms with van der Waals surface area (Å²) in [5.41, 5.74) is 2.68. The number of rotatable bonds is 7. The number of hydrogen-bond donors (Lipinski definition) is 3. The maximum Gasteiger partial charge on any atom is 0.326 e. The van der Waals surface area contributed by atoms with E-state index in [9.17, 15) is 14.7 Å². The predicted octanol–water partition coefficient (Wildman–Crippen LogP) is 3.64. The summed E-state index contributed by atoms with van der Waals surface area (Å²) in [6.07, 6.45) is 2.55. The number of aliphatic carboxylic acids is 1. The Hall–Kier alpha value is -2.08. The van der Waals surface area contributed by atoms with Gasteiger partial charge in [-0.2, -0.15) is 0 Å². The maximum absolute atomic E-state index is 12.2. The Morgan fingerprint density at radius 3 is 2.75 bits per heavy atom. The van der Waals surface area contributed by atoms with Crippen molar-refractivity contribution in [2.24, 2.45) is 5.92 Å². The lowest BCUT2D eigenvalue weighted by Crippen LogP contribution is -2.44. The van der Waals surface area contributed by atoms with Gasteiger partial charge in [0, 0.05) is 33.9 Å². The van der Waals surface area contributed by atoms with Crippen LogP contribution in [0.5, 0.6) is 0 Å². The summed E-state index contributed by atoms with van der Waals surface area (Å²) >= 11 is 3.42. The minimum absolute atomic E-state index is 0.220. The van der Waals surface area contributed by atoms with E-state index in [0.717, 1.165) is 26.5 Å². The lowest BCUT2D eigenvalue weighted by atomic mass is 10.0. The van der Waals surface area contributed by atoms with Gasteiger partial charge in [0.05, 0.1) is 0 Å². The van der Waals surface area contributed by atoms with Gasteiger partial charge in [-0.3, -0.25) is 4.79 Å². The second-order valence-electron chi connectivity index (χ2n) is 6.17. The Kier molecular flexibility index (Phi) is 5.83. The average molecular weight is 393 g/mol. The topological polar surface area (TPSA) is 82.2 Å². The molecule has 2 rings (SSSR count). The number of aromatic amines is 1. The highest BCUT2D eigenvalue weighted by Crippen LogP contribution is 2.24. The Balaban J connectivity index is 2.16. The summed E-state index contributed by atoms with van der Waals surface area (Å²) in [7, 11) is 0. The lowest BCUT2D eigenvalue weighted by molar-refractivity contribution is -0.142. The number of amides is 1. The molecule has 1 aromatic carbocycles. The van der Waals surface area contributed by atoms with Crippen molar-refractivity contribution >= 4 is 38.7 Å². The molecule has 0 spiro atoms. The van der Waals surface area contributed by atoms with Crippen LogP contribution in [0.25, 0.3) is 10.9 Å². The largest absolute Gasteiger partial charge is 0.480 e. The summed E-state index contributed by atoms with van der Waals surface area (Å²) in [6.45, 7) is 7.41. The first-order valence-corrected chi connectivity index (χ1v) is 8.50. The van der Waals surface area contributed by atoms with Gasteiger partial charge in [-0.25, -0.2) is 4.79 Å². The molecular weight excluding hydrogens is 372 g/mol. The van der Waals surface area contributed by atoms with Crippen LogP contribution in [0.3, 0.4) is 0 Å². The molecular formula is C18H21BrN2O3. The number of fused-ring (bicyclic) bond motifs is 1. The fourth-order valence-corrected chi connectivity index (χ4v) is 3.03. The van der Waals surface area contributed by atoms with Gasteiger partial charge >= 0.3 is 5.97 Å². The zero-order valence-electron chi connectivity index (χ0n) is 13.7. The Morgan fingerprint density at radius 2 is 2.12 bits per heavy atom. The second-order valence-corrected chi connectivity index (χ2v) is 7.09. The first kappa shape index (κ1) is 18.3. The number of carbonyl (C=O) groups is 2. The molecule has 0 aliphatic carbocycles. The molecule has 0 radical (unpaired) electrons. The third-order valence-corrected chi connectivity index (χ3v) is 4.36. The molecule has 1 heterocycles. The van der Waals surface area contributed by atoms with Crippen LogP contribution in [-0.4, -0.2) is 28.0 Å². The van der Waals surface area contributed by atoms with Crippen molar-refractivity contribution in [3.05, 3.63) is 46.6 Å². The van der Waals surface area contributed by atoms with Crippen LogP contribution in [0.15, 0.2) is 41.0 Å². The van der Waals surface area contributed by atoms with Gasteiger partial charge < -0.3 is 15.4 Å². The number of H-pyrrole nitrogens is 1. The van der Waals surface area contributed by atoms with Gasteiger partial charge in [-0.05, 0) is 37.1 Å². The molecule has 128 valence electrons. The Labute approximate surface area is 149 Å². The molecule has 1 aromatic heterocycles. The number of carboxylic acids is 1. The highest BCUT2D eigenvalue weighted by Gasteiger charge is 2.24. The van der Waals surface area contributed by atoms with E-state index in [1.165, 1.54) is 0 Å². The summed E-state index contributed by atoms with van der Waals surface area (Å²) in [4.78, 5) is 26.9. The van der Waals surface area contributed by atoms with Gasteiger partial charge in [0.25, 0.3) is 0 Å². The molecule has 2 unspecified atom stereocenters. The normalized spacial score (nSPS) is 13.5. The molecule has 1 amide bonds. The van der Waals surface area contributed by atoms with E-state index in [1.54, 1.807) is 13.1 Å². The van der Waals surface area contributed by atoms with Crippen molar-refractivity contribution in [3.8, 4) is 0 Å². The quantitative estimate of drug-likeness (QED) is 0.628. The van der Waals surface area contributed by atoms with Crippen LogP contribution in [0.4, 0.5) is 0 Å². The molecule has 0 bridgehead atoms. The summed E-state index contributed by atoms with van der Waals surface area (Å²) in [5, 5.41) is 13.0. The minimum Gasteiger partial charge on any atom is -0.480 e. The molecule has 5 nitrogen and oxygen atoms in total. The molecule has 2 atom stereocenters. The Morgan fingerprint density at radius 1 is 1.42 bits per heavy atom. The summed E-state index contributed by atoms with van der Waals surface area (Å²) < 4.78 is 0.918. The molecule has 24 heavy (non-hydrogen) atoms. The monoisotopic (exact) mass is 392 g/mol. The highest BCUT2D eigenvalue weighted by atomic mass is 79.9. The second kappa shape index (κ2) is 7.66. The van der Waals surface area contributed by atoms with Crippen LogP contribution in [0.2, 0.25) is 0 Å². The third kappa shape index (κ3) is 4.47. The number of allylic oxidation sites excluding steroid dienone is 1. The number of halogens is 1. The maximum atomic E-state index is 12.2. The smallest absolute Gasteiger partial charge is 0.326 e. The van der Waals surface area contributed by atoms with Crippen molar-refractivity contribution in [1.82, 2.24) is 10.3 Å². The average Bonchev–Trinajstić information content (AvgIpc) is 2.87. The van der Waals surface area contributed by atoms with Crippen molar-refractivity contribution in [2.75, 3.05) is 0 Å². The van der Waals surface area contributed by atoms with Gasteiger partial charge in [-0.15, -0.1) is 6.58 Å². The van der Waals surface area contributed by atoms with E-state index in [2.05, 4.69) is 32.8 Å². The number of hydrogen-bond acceptors (Lipinski definition) is 2. The Bertz CT molecular complexity index is 782. The van der Waals surface area contributed by atoms with E-state index >= 15 is 0 Å². The fourth-order valence-electron chi connectivity index (χ4n) is 2.67. The van der Waals surface area contributed by atoms with Crippen LogP contribution >= 0.6 is 15.9 Å². The number of carbonyl (C=O) groups excluding carboxylic acids is 1. The van der Waals surface area contributed by atoms with E-state index in [0.29, 0.717) is 6.42 Å². The van der Waals surface area contributed by atoms with Crippen LogP contribution in [0, 0.1) is 5.92 Å². The van der Waals surface area contributed by atoms with Gasteiger partial charge in [0.15, 0.2) is 0 Å². The molecule has 3 N–H and O–H groups in total. The van der Waals surface area contributed by atoms with E-state index in [4.69, 9.17) is 0 Å². The fraction of sp³-hybridized carbons (Fsp3) is 0.333. The zero-order valence-corrected chi connectivity index (χ0v) is 15.3. The van der Waals surface area contributed by atoms with Crippen molar-refractivity contribution in [1.29, 1.82) is 0 Å². The van der Waals surface area contributed by atoms with Gasteiger partial charge in [0.2, 0.25) is 5.91 Å². The molecule has 0 aliphatic heterocycles. The predicted molar refractivity (Wildman–Crippen MR) is 97.9 cm³/mol.